The van der Waals surface area contributed by atoms with E-state index in [1.54, 1.807) is 59.3 Å². The Hall–Kier alpha value is -3.86. The highest BCUT2D eigenvalue weighted by atomic mass is 79.9. The molecule has 228 valence electrons. The standard InChI is InChI=1S/C33H30BrClN2O6S/c1-18(2)43-32(39)29-19(3)36-33-37(30(29)24-16-22(34)9-13-25(24)40-4)31(38)28(44-33)15-21-8-12-26(27(14-21)41-5)42-17-20-6-10-23(35)11-7-20/h6-16,18,30H,17H2,1-5H3/b28-15-/t30-/m1/s1. The zero-order valence-electron chi connectivity index (χ0n) is 24.7. The van der Waals surface area contributed by atoms with Crippen LogP contribution in [0, 0.1) is 0 Å². The van der Waals surface area contributed by atoms with Gasteiger partial charge in [0.25, 0.3) is 5.56 Å². The van der Waals surface area contributed by atoms with E-state index in [9.17, 15) is 9.59 Å². The van der Waals surface area contributed by atoms with Gasteiger partial charge in [-0.15, -0.1) is 0 Å². The molecule has 0 radical (unpaired) electrons. The third-order valence-corrected chi connectivity index (χ3v) is 8.59. The minimum Gasteiger partial charge on any atom is -0.496 e. The fourth-order valence-electron chi connectivity index (χ4n) is 4.86. The molecule has 1 aliphatic heterocycles. The van der Waals surface area contributed by atoms with Crippen molar-refractivity contribution in [3.05, 3.63) is 118 Å². The predicted molar refractivity (Wildman–Crippen MR) is 174 cm³/mol. The van der Waals surface area contributed by atoms with Gasteiger partial charge < -0.3 is 18.9 Å². The Labute approximate surface area is 272 Å². The number of esters is 1. The molecule has 0 amide bonds. The van der Waals surface area contributed by atoms with Crippen LogP contribution in [0.4, 0.5) is 0 Å². The van der Waals surface area contributed by atoms with Gasteiger partial charge in [0.15, 0.2) is 16.3 Å². The number of ether oxygens (including phenoxy) is 4. The van der Waals surface area contributed by atoms with E-state index in [0.29, 0.717) is 49.5 Å². The number of fused-ring (bicyclic) bond motifs is 1. The van der Waals surface area contributed by atoms with Crippen molar-refractivity contribution in [3.8, 4) is 17.2 Å². The molecule has 3 aromatic carbocycles. The lowest BCUT2D eigenvalue weighted by atomic mass is 9.95. The Kier molecular flexibility index (Phi) is 9.62. The summed E-state index contributed by atoms with van der Waals surface area (Å²) in [5, 5.41) is 0.657. The fraction of sp³-hybridized carbons (Fsp3) is 0.242. The second-order valence-electron chi connectivity index (χ2n) is 10.2. The van der Waals surface area contributed by atoms with E-state index >= 15 is 0 Å². The molecule has 0 spiro atoms. The number of halogens is 2. The van der Waals surface area contributed by atoms with Crippen molar-refractivity contribution in [2.75, 3.05) is 14.2 Å². The summed E-state index contributed by atoms with van der Waals surface area (Å²) in [5.74, 6) is 1.07. The van der Waals surface area contributed by atoms with E-state index in [1.165, 1.54) is 15.9 Å². The molecule has 1 atom stereocenters. The second-order valence-corrected chi connectivity index (χ2v) is 12.6. The molecular formula is C33H30BrClN2O6S. The average molecular weight is 698 g/mol. The van der Waals surface area contributed by atoms with Gasteiger partial charge >= 0.3 is 5.97 Å². The van der Waals surface area contributed by atoms with Crippen molar-refractivity contribution in [2.24, 2.45) is 4.99 Å². The summed E-state index contributed by atoms with van der Waals surface area (Å²) in [6.07, 6.45) is 1.42. The number of aromatic nitrogens is 1. The van der Waals surface area contributed by atoms with Crippen LogP contribution in [0.1, 0.15) is 43.5 Å². The minimum absolute atomic E-state index is 0.276. The molecule has 0 fully saturated rings. The second kappa shape index (κ2) is 13.4. The minimum atomic E-state index is -0.815. The first-order chi connectivity index (χ1) is 21.1. The molecule has 0 N–H and O–H groups in total. The molecular weight excluding hydrogens is 668 g/mol. The molecule has 0 aliphatic carbocycles. The van der Waals surface area contributed by atoms with Crippen molar-refractivity contribution in [2.45, 2.75) is 39.5 Å². The molecule has 44 heavy (non-hydrogen) atoms. The number of hydrogen-bond acceptors (Lipinski definition) is 8. The van der Waals surface area contributed by atoms with Crippen LogP contribution in [0.25, 0.3) is 6.08 Å². The normalized spacial score (nSPS) is 14.7. The van der Waals surface area contributed by atoms with Gasteiger partial charge in [-0.05, 0) is 80.4 Å². The molecule has 0 bridgehead atoms. The third-order valence-electron chi connectivity index (χ3n) is 6.86. The van der Waals surface area contributed by atoms with Crippen LogP contribution < -0.4 is 29.1 Å². The maximum absolute atomic E-state index is 14.1. The molecule has 0 saturated carbocycles. The molecule has 5 rings (SSSR count). The van der Waals surface area contributed by atoms with Gasteiger partial charge in [0.05, 0.1) is 36.1 Å². The van der Waals surface area contributed by atoms with Gasteiger partial charge in [0.2, 0.25) is 0 Å². The maximum Gasteiger partial charge on any atom is 0.338 e. The summed E-state index contributed by atoms with van der Waals surface area (Å²) in [7, 11) is 3.11. The molecule has 4 aromatic rings. The molecule has 1 aliphatic rings. The summed E-state index contributed by atoms with van der Waals surface area (Å²) in [4.78, 5) is 32.6. The van der Waals surface area contributed by atoms with Crippen molar-refractivity contribution in [1.29, 1.82) is 0 Å². The van der Waals surface area contributed by atoms with Crippen LogP contribution in [-0.4, -0.2) is 30.9 Å². The monoisotopic (exact) mass is 696 g/mol. The summed E-state index contributed by atoms with van der Waals surface area (Å²) >= 11 is 10.8. The van der Waals surface area contributed by atoms with E-state index in [-0.39, 0.29) is 17.2 Å². The number of hydrogen-bond donors (Lipinski definition) is 0. The first-order valence-electron chi connectivity index (χ1n) is 13.7. The number of rotatable bonds is 9. The highest BCUT2D eigenvalue weighted by molar-refractivity contribution is 9.10. The van der Waals surface area contributed by atoms with Crippen molar-refractivity contribution >= 4 is 50.9 Å². The number of carbonyl (C=O) groups excluding carboxylic acids is 1. The Morgan fingerprint density at radius 2 is 1.75 bits per heavy atom. The van der Waals surface area contributed by atoms with Gasteiger partial charge in [-0.3, -0.25) is 9.36 Å². The first kappa shape index (κ1) is 31.6. The Morgan fingerprint density at radius 3 is 2.43 bits per heavy atom. The van der Waals surface area contributed by atoms with Crippen LogP contribution in [-0.2, 0) is 16.1 Å². The zero-order chi connectivity index (χ0) is 31.5. The van der Waals surface area contributed by atoms with Crippen LogP contribution in [0.3, 0.4) is 0 Å². The van der Waals surface area contributed by atoms with Gasteiger partial charge in [0, 0.05) is 15.1 Å². The number of benzene rings is 3. The Bertz CT molecular complexity index is 1930. The lowest BCUT2D eigenvalue weighted by Crippen LogP contribution is -2.40. The summed E-state index contributed by atoms with van der Waals surface area (Å²) < 4.78 is 25.6. The molecule has 2 heterocycles. The smallest absolute Gasteiger partial charge is 0.338 e. The van der Waals surface area contributed by atoms with Crippen molar-refractivity contribution in [3.63, 3.8) is 0 Å². The fourth-order valence-corrected chi connectivity index (χ4v) is 6.41. The highest BCUT2D eigenvalue weighted by Gasteiger charge is 2.35. The van der Waals surface area contributed by atoms with Crippen molar-refractivity contribution in [1.82, 2.24) is 4.57 Å². The van der Waals surface area contributed by atoms with Gasteiger partial charge in [-0.1, -0.05) is 57.1 Å². The molecule has 1 aromatic heterocycles. The number of thiazole rings is 1. The number of carbonyl (C=O) groups is 1. The van der Waals surface area contributed by atoms with Crippen molar-refractivity contribution < 1.29 is 23.7 Å². The molecule has 11 heteroatoms. The van der Waals surface area contributed by atoms with Gasteiger partial charge in [0.1, 0.15) is 18.4 Å². The maximum atomic E-state index is 14.1. The number of methoxy groups -OCH3 is 2. The Morgan fingerprint density at radius 1 is 1.05 bits per heavy atom. The first-order valence-corrected chi connectivity index (χ1v) is 15.7. The van der Waals surface area contributed by atoms with Crippen LogP contribution in [0.2, 0.25) is 5.02 Å². The summed E-state index contributed by atoms with van der Waals surface area (Å²) in [6.45, 7) is 5.64. The van der Waals surface area contributed by atoms with E-state index < -0.39 is 12.0 Å². The lowest BCUT2D eigenvalue weighted by molar-refractivity contribution is -0.143. The lowest BCUT2D eigenvalue weighted by Gasteiger charge is -2.26. The number of nitrogens with zero attached hydrogens (tertiary/aromatic N) is 2. The zero-order valence-corrected chi connectivity index (χ0v) is 27.9. The summed E-state index contributed by atoms with van der Waals surface area (Å²) in [5.41, 5.74) is 2.77. The largest absolute Gasteiger partial charge is 0.496 e. The predicted octanol–water partition coefficient (Wildman–Crippen LogP) is 6.20. The van der Waals surface area contributed by atoms with Gasteiger partial charge in [-0.25, -0.2) is 9.79 Å². The van der Waals surface area contributed by atoms with E-state index in [2.05, 4.69) is 20.9 Å². The number of allylic oxidation sites excluding steroid dienone is 1. The van der Waals surface area contributed by atoms with E-state index in [4.69, 9.17) is 30.5 Å². The van der Waals surface area contributed by atoms with E-state index in [1.807, 2.05) is 42.5 Å². The topological polar surface area (TPSA) is 88.4 Å². The van der Waals surface area contributed by atoms with Crippen LogP contribution in [0.15, 0.2) is 86.2 Å². The average Bonchev–Trinajstić information content (AvgIpc) is 3.29. The molecule has 0 saturated heterocycles. The quantitative estimate of drug-likeness (QED) is 0.194. The SMILES string of the molecule is COc1cc(/C=c2\sc3n(c2=O)[C@H](c2cc(Br)ccc2OC)C(C(=O)OC(C)C)=C(C)N=3)ccc1OCc1ccc(Cl)cc1. The molecule has 8 nitrogen and oxygen atoms in total. The third kappa shape index (κ3) is 6.62. The van der Waals surface area contributed by atoms with Crippen LogP contribution in [0.5, 0.6) is 17.2 Å². The highest BCUT2D eigenvalue weighted by Crippen LogP contribution is 2.37. The summed E-state index contributed by atoms with van der Waals surface area (Å²) in [6, 6.07) is 17.5. The van der Waals surface area contributed by atoms with E-state index in [0.717, 1.165) is 15.6 Å². The Balaban J connectivity index is 1.58. The van der Waals surface area contributed by atoms with Crippen LogP contribution >= 0.6 is 38.9 Å². The molecule has 0 unspecified atom stereocenters. The van der Waals surface area contributed by atoms with Gasteiger partial charge in [-0.2, -0.15) is 0 Å².